The van der Waals surface area contributed by atoms with Crippen LogP contribution in [0.4, 0.5) is 4.39 Å². The largest absolute Gasteiger partial charge is 0.491 e. The maximum absolute atomic E-state index is 12.8. The molecule has 1 aliphatic heterocycles. The standard InChI is InChI=1S/C19H22FN3O3/c1-13(2)25-16-5-3-14(4-6-16)18(24)23-9-7-17(8-10-23)26-19-21-11-15(20)12-22-19/h3-6,11-13,17H,7-10H2,1-2H3. The fourth-order valence-electron chi connectivity index (χ4n) is 2.82. The third-order valence-corrected chi connectivity index (χ3v) is 4.07. The fourth-order valence-corrected chi connectivity index (χ4v) is 2.82. The molecule has 0 radical (unpaired) electrons. The maximum atomic E-state index is 12.8. The van der Waals surface area contributed by atoms with Gasteiger partial charge in [0.05, 0.1) is 18.5 Å². The zero-order valence-electron chi connectivity index (χ0n) is 14.9. The first-order chi connectivity index (χ1) is 12.5. The van der Waals surface area contributed by atoms with Crippen molar-refractivity contribution in [3.05, 3.63) is 48.0 Å². The average molecular weight is 359 g/mol. The first kappa shape index (κ1) is 18.1. The number of ether oxygens (including phenoxy) is 2. The molecule has 1 saturated heterocycles. The fraction of sp³-hybridized carbons (Fsp3) is 0.421. The van der Waals surface area contributed by atoms with Crippen molar-refractivity contribution < 1.29 is 18.7 Å². The Kier molecular flexibility index (Phi) is 5.65. The van der Waals surface area contributed by atoms with Gasteiger partial charge in [0.25, 0.3) is 5.91 Å². The lowest BCUT2D eigenvalue weighted by atomic mass is 10.1. The summed E-state index contributed by atoms with van der Waals surface area (Å²) >= 11 is 0. The van der Waals surface area contributed by atoms with Gasteiger partial charge in [-0.15, -0.1) is 0 Å². The molecule has 6 nitrogen and oxygen atoms in total. The van der Waals surface area contributed by atoms with E-state index in [4.69, 9.17) is 9.47 Å². The number of aromatic nitrogens is 2. The van der Waals surface area contributed by atoms with E-state index in [2.05, 4.69) is 9.97 Å². The summed E-state index contributed by atoms with van der Waals surface area (Å²) in [5.74, 6) is 0.253. The van der Waals surface area contributed by atoms with Crippen molar-refractivity contribution in [3.8, 4) is 11.8 Å². The Balaban J connectivity index is 1.52. The van der Waals surface area contributed by atoms with Crippen molar-refractivity contribution in [1.82, 2.24) is 14.9 Å². The van der Waals surface area contributed by atoms with Crippen molar-refractivity contribution in [2.45, 2.75) is 38.9 Å². The van der Waals surface area contributed by atoms with Crippen LogP contribution in [0.2, 0.25) is 0 Å². The number of hydrogen-bond donors (Lipinski definition) is 0. The Bertz CT molecular complexity index is 727. The van der Waals surface area contributed by atoms with Gasteiger partial charge in [-0.2, -0.15) is 0 Å². The van der Waals surface area contributed by atoms with E-state index in [1.807, 2.05) is 30.9 Å². The van der Waals surface area contributed by atoms with Gasteiger partial charge in [0, 0.05) is 31.5 Å². The monoisotopic (exact) mass is 359 g/mol. The molecule has 2 heterocycles. The molecular formula is C19H22FN3O3. The summed E-state index contributed by atoms with van der Waals surface area (Å²) in [4.78, 5) is 22.0. The van der Waals surface area contributed by atoms with Crippen molar-refractivity contribution in [2.24, 2.45) is 0 Å². The topological polar surface area (TPSA) is 64.5 Å². The average Bonchev–Trinajstić information content (AvgIpc) is 2.64. The molecule has 26 heavy (non-hydrogen) atoms. The molecule has 1 aliphatic rings. The van der Waals surface area contributed by atoms with Crippen LogP contribution in [0.25, 0.3) is 0 Å². The first-order valence-corrected chi connectivity index (χ1v) is 8.71. The second-order valence-electron chi connectivity index (χ2n) is 6.48. The predicted molar refractivity (Wildman–Crippen MR) is 93.7 cm³/mol. The molecule has 1 fully saturated rings. The quantitative estimate of drug-likeness (QED) is 0.821. The lowest BCUT2D eigenvalue weighted by Gasteiger charge is -2.31. The molecule has 1 aromatic heterocycles. The molecule has 0 unspecified atom stereocenters. The first-order valence-electron chi connectivity index (χ1n) is 8.71. The van der Waals surface area contributed by atoms with E-state index in [9.17, 15) is 9.18 Å². The summed E-state index contributed by atoms with van der Waals surface area (Å²) in [7, 11) is 0. The summed E-state index contributed by atoms with van der Waals surface area (Å²) in [6.45, 7) is 5.11. The predicted octanol–water partition coefficient (Wildman–Crippen LogP) is 3.09. The summed E-state index contributed by atoms with van der Waals surface area (Å²) in [5.41, 5.74) is 0.641. The zero-order valence-corrected chi connectivity index (χ0v) is 14.9. The van der Waals surface area contributed by atoms with Crippen LogP contribution in [0.5, 0.6) is 11.8 Å². The third kappa shape index (κ3) is 4.68. The molecule has 1 aromatic carbocycles. The molecule has 0 N–H and O–H groups in total. The summed E-state index contributed by atoms with van der Waals surface area (Å²) in [5, 5.41) is 0. The highest BCUT2D eigenvalue weighted by Crippen LogP contribution is 2.19. The highest BCUT2D eigenvalue weighted by Gasteiger charge is 2.25. The molecule has 0 aliphatic carbocycles. The number of nitrogens with zero attached hydrogens (tertiary/aromatic N) is 3. The Morgan fingerprint density at radius 2 is 1.77 bits per heavy atom. The molecule has 0 atom stereocenters. The highest BCUT2D eigenvalue weighted by molar-refractivity contribution is 5.94. The third-order valence-electron chi connectivity index (χ3n) is 4.07. The van der Waals surface area contributed by atoms with Crippen LogP contribution < -0.4 is 9.47 Å². The number of carbonyl (C=O) groups excluding carboxylic acids is 1. The SMILES string of the molecule is CC(C)Oc1ccc(C(=O)N2CCC(Oc3ncc(F)cn3)CC2)cc1. The van der Waals surface area contributed by atoms with Gasteiger partial charge in [-0.05, 0) is 38.1 Å². The van der Waals surface area contributed by atoms with Gasteiger partial charge in [0.1, 0.15) is 11.9 Å². The second-order valence-corrected chi connectivity index (χ2v) is 6.48. The zero-order chi connectivity index (χ0) is 18.5. The van der Waals surface area contributed by atoms with Crippen LogP contribution >= 0.6 is 0 Å². The Hall–Kier alpha value is -2.70. The number of halogens is 1. The minimum absolute atomic E-state index is 0.00224. The van der Waals surface area contributed by atoms with E-state index in [1.165, 1.54) is 0 Å². The molecule has 0 spiro atoms. The van der Waals surface area contributed by atoms with Crippen LogP contribution in [-0.4, -0.2) is 46.1 Å². The Morgan fingerprint density at radius 1 is 1.15 bits per heavy atom. The van der Waals surface area contributed by atoms with Crippen LogP contribution in [0.15, 0.2) is 36.7 Å². The molecule has 7 heteroatoms. The molecular weight excluding hydrogens is 337 g/mol. The molecule has 0 bridgehead atoms. The number of amides is 1. The normalized spacial score (nSPS) is 15.2. The van der Waals surface area contributed by atoms with Gasteiger partial charge in [0.15, 0.2) is 5.82 Å². The van der Waals surface area contributed by atoms with Gasteiger partial charge in [0.2, 0.25) is 0 Å². The molecule has 1 amide bonds. The van der Waals surface area contributed by atoms with E-state index in [0.717, 1.165) is 18.1 Å². The lowest BCUT2D eigenvalue weighted by Crippen LogP contribution is -2.41. The van der Waals surface area contributed by atoms with E-state index in [0.29, 0.717) is 31.5 Å². The van der Waals surface area contributed by atoms with Crippen molar-refractivity contribution in [1.29, 1.82) is 0 Å². The summed E-state index contributed by atoms with van der Waals surface area (Å²) in [6, 6.07) is 7.37. The van der Waals surface area contributed by atoms with Gasteiger partial charge >= 0.3 is 6.01 Å². The molecule has 0 saturated carbocycles. The highest BCUT2D eigenvalue weighted by atomic mass is 19.1. The second kappa shape index (κ2) is 8.12. The minimum atomic E-state index is -0.498. The molecule has 3 rings (SSSR count). The van der Waals surface area contributed by atoms with E-state index < -0.39 is 5.82 Å². The minimum Gasteiger partial charge on any atom is -0.491 e. The van der Waals surface area contributed by atoms with Gasteiger partial charge in [-0.3, -0.25) is 4.79 Å². The van der Waals surface area contributed by atoms with E-state index in [-0.39, 0.29) is 24.1 Å². The molecule has 138 valence electrons. The van der Waals surface area contributed by atoms with Crippen LogP contribution in [0.1, 0.15) is 37.0 Å². The lowest BCUT2D eigenvalue weighted by molar-refractivity contribution is 0.0578. The molecule has 2 aromatic rings. The van der Waals surface area contributed by atoms with Crippen LogP contribution in [-0.2, 0) is 0 Å². The Morgan fingerprint density at radius 3 is 2.35 bits per heavy atom. The van der Waals surface area contributed by atoms with E-state index >= 15 is 0 Å². The van der Waals surface area contributed by atoms with Crippen LogP contribution in [0, 0.1) is 5.82 Å². The number of benzene rings is 1. The number of likely N-dealkylation sites (tertiary alicyclic amines) is 1. The summed E-state index contributed by atoms with van der Waals surface area (Å²) in [6.07, 6.45) is 3.54. The van der Waals surface area contributed by atoms with E-state index in [1.54, 1.807) is 12.1 Å². The number of rotatable bonds is 5. The van der Waals surface area contributed by atoms with Crippen molar-refractivity contribution in [3.63, 3.8) is 0 Å². The number of carbonyl (C=O) groups is 1. The van der Waals surface area contributed by atoms with Gasteiger partial charge < -0.3 is 14.4 Å². The van der Waals surface area contributed by atoms with Gasteiger partial charge in [-0.1, -0.05) is 0 Å². The summed E-state index contributed by atoms with van der Waals surface area (Å²) < 4.78 is 24.1. The Labute approximate surface area is 152 Å². The van der Waals surface area contributed by atoms with Gasteiger partial charge in [-0.25, -0.2) is 14.4 Å². The van der Waals surface area contributed by atoms with Crippen molar-refractivity contribution >= 4 is 5.91 Å². The smallest absolute Gasteiger partial charge is 0.316 e. The maximum Gasteiger partial charge on any atom is 0.316 e. The van der Waals surface area contributed by atoms with Crippen molar-refractivity contribution in [2.75, 3.05) is 13.1 Å². The number of piperidine rings is 1. The number of hydrogen-bond acceptors (Lipinski definition) is 5. The van der Waals surface area contributed by atoms with Crippen LogP contribution in [0.3, 0.4) is 0 Å².